The predicted octanol–water partition coefficient (Wildman–Crippen LogP) is 5.98. The molecule has 3 aromatic rings. The van der Waals surface area contributed by atoms with E-state index in [0.29, 0.717) is 16.9 Å². The molecule has 3 rings (SSSR count). The predicted molar refractivity (Wildman–Crippen MR) is 107 cm³/mol. The van der Waals surface area contributed by atoms with Gasteiger partial charge in [-0.2, -0.15) is 0 Å². The molecule has 0 saturated heterocycles. The number of anilines is 2. The Balaban J connectivity index is 1.91. The Hall–Kier alpha value is -3.25. The van der Waals surface area contributed by atoms with Crippen LogP contribution in [0.2, 0.25) is 5.02 Å². The topological polar surface area (TPSA) is 72.2 Å². The van der Waals surface area contributed by atoms with Gasteiger partial charge in [-0.3, -0.25) is 14.9 Å². The van der Waals surface area contributed by atoms with E-state index in [1.54, 1.807) is 38.1 Å². The zero-order chi connectivity index (χ0) is 20.4. The summed E-state index contributed by atoms with van der Waals surface area (Å²) in [4.78, 5) is 23.3. The van der Waals surface area contributed by atoms with Gasteiger partial charge in [-0.25, -0.2) is 4.39 Å². The lowest BCUT2D eigenvalue weighted by atomic mass is 9.98. The van der Waals surface area contributed by atoms with Crippen LogP contribution in [-0.2, 0) is 0 Å². The van der Waals surface area contributed by atoms with Crippen LogP contribution in [0.3, 0.4) is 0 Å². The number of carbonyl (C=O) groups excluding carboxylic acids is 1. The van der Waals surface area contributed by atoms with Crippen LogP contribution in [0, 0.1) is 29.8 Å². The fraction of sp³-hybridized carbons (Fsp3) is 0.0952. The number of aryl methyl sites for hydroxylation is 2. The zero-order valence-electron chi connectivity index (χ0n) is 15.1. The van der Waals surface area contributed by atoms with E-state index in [0.717, 1.165) is 5.56 Å². The number of nitro benzene ring substituents is 1. The van der Waals surface area contributed by atoms with Crippen LogP contribution in [0.5, 0.6) is 0 Å². The summed E-state index contributed by atoms with van der Waals surface area (Å²) < 4.78 is 13.2. The van der Waals surface area contributed by atoms with Crippen LogP contribution >= 0.6 is 11.6 Å². The smallest absolute Gasteiger partial charge is 0.270 e. The van der Waals surface area contributed by atoms with Crippen LogP contribution in [0.15, 0.2) is 54.6 Å². The van der Waals surface area contributed by atoms with E-state index in [-0.39, 0.29) is 27.7 Å². The maximum Gasteiger partial charge on any atom is 0.270 e. The first kappa shape index (κ1) is 19.5. The van der Waals surface area contributed by atoms with Gasteiger partial charge in [0.2, 0.25) is 0 Å². The highest BCUT2D eigenvalue weighted by Gasteiger charge is 2.19. The van der Waals surface area contributed by atoms with Crippen LogP contribution in [0.4, 0.5) is 21.5 Å². The monoisotopic (exact) mass is 398 g/mol. The summed E-state index contributed by atoms with van der Waals surface area (Å²) in [7, 11) is 0. The standard InChI is InChI=1S/C21H16ClFN2O3/c1-12-3-6-16(25(27)28)11-18(12)21(26)17-7-5-15(10-19(17)22)24-20-8-4-14(23)9-13(20)2/h3-11,24H,1-2H3. The maximum atomic E-state index is 13.2. The second-order valence-electron chi connectivity index (χ2n) is 6.36. The summed E-state index contributed by atoms with van der Waals surface area (Å²) in [6.45, 7) is 3.48. The molecule has 142 valence electrons. The highest BCUT2D eigenvalue weighted by molar-refractivity contribution is 6.35. The number of hydrogen-bond donors (Lipinski definition) is 1. The molecular weight excluding hydrogens is 383 g/mol. The average molecular weight is 399 g/mol. The van der Waals surface area contributed by atoms with Gasteiger partial charge in [0.05, 0.1) is 9.95 Å². The van der Waals surface area contributed by atoms with Crippen molar-refractivity contribution < 1.29 is 14.1 Å². The third-order valence-corrected chi connectivity index (χ3v) is 4.67. The third kappa shape index (κ3) is 4.02. The third-order valence-electron chi connectivity index (χ3n) is 4.36. The molecule has 0 radical (unpaired) electrons. The Morgan fingerprint density at radius 3 is 2.39 bits per heavy atom. The van der Waals surface area contributed by atoms with Gasteiger partial charge in [0.1, 0.15) is 5.82 Å². The Kier molecular flexibility index (Phi) is 5.42. The van der Waals surface area contributed by atoms with Crippen LogP contribution in [-0.4, -0.2) is 10.7 Å². The first-order valence-electron chi connectivity index (χ1n) is 8.38. The van der Waals surface area contributed by atoms with E-state index in [1.807, 2.05) is 0 Å². The molecule has 0 spiro atoms. The van der Waals surface area contributed by atoms with E-state index in [9.17, 15) is 19.3 Å². The van der Waals surface area contributed by atoms with E-state index in [4.69, 9.17) is 11.6 Å². The fourth-order valence-electron chi connectivity index (χ4n) is 2.81. The number of nitrogens with zero attached hydrogens (tertiary/aromatic N) is 1. The number of ketones is 1. The molecule has 28 heavy (non-hydrogen) atoms. The van der Waals surface area contributed by atoms with Crippen molar-refractivity contribution in [3.63, 3.8) is 0 Å². The molecule has 7 heteroatoms. The summed E-state index contributed by atoms with van der Waals surface area (Å²) in [6.07, 6.45) is 0. The molecule has 0 unspecified atom stereocenters. The minimum absolute atomic E-state index is 0.157. The van der Waals surface area contributed by atoms with E-state index >= 15 is 0 Å². The number of rotatable bonds is 5. The largest absolute Gasteiger partial charge is 0.355 e. The lowest BCUT2D eigenvalue weighted by molar-refractivity contribution is -0.384. The van der Waals surface area contributed by atoms with Gasteiger partial charge in [0, 0.05) is 34.6 Å². The first-order valence-corrected chi connectivity index (χ1v) is 8.76. The van der Waals surface area contributed by atoms with Gasteiger partial charge >= 0.3 is 0 Å². The molecule has 0 bridgehead atoms. The molecule has 0 saturated carbocycles. The Labute approximate surface area is 165 Å². The van der Waals surface area contributed by atoms with Crippen LogP contribution < -0.4 is 5.32 Å². The van der Waals surface area contributed by atoms with Gasteiger partial charge in [-0.15, -0.1) is 0 Å². The number of halogens is 2. The van der Waals surface area contributed by atoms with Crippen molar-refractivity contribution in [3.05, 3.63) is 97.8 Å². The van der Waals surface area contributed by atoms with Gasteiger partial charge in [0.25, 0.3) is 5.69 Å². The molecule has 0 amide bonds. The van der Waals surface area contributed by atoms with E-state index < -0.39 is 10.7 Å². The molecule has 0 aliphatic carbocycles. The Morgan fingerprint density at radius 2 is 1.75 bits per heavy atom. The summed E-state index contributed by atoms with van der Waals surface area (Å²) in [5.41, 5.74) is 3.00. The molecule has 0 atom stereocenters. The highest BCUT2D eigenvalue weighted by atomic mass is 35.5. The summed E-state index contributed by atoms with van der Waals surface area (Å²) in [5.74, 6) is -0.718. The SMILES string of the molecule is Cc1cc(F)ccc1Nc1ccc(C(=O)c2cc([N+](=O)[O-])ccc2C)c(Cl)c1. The van der Waals surface area contributed by atoms with Crippen molar-refractivity contribution in [1.29, 1.82) is 0 Å². The van der Waals surface area contributed by atoms with Gasteiger partial charge < -0.3 is 5.32 Å². The van der Waals surface area contributed by atoms with Crippen molar-refractivity contribution in [2.45, 2.75) is 13.8 Å². The van der Waals surface area contributed by atoms with E-state index in [1.165, 1.54) is 30.3 Å². The number of nitro groups is 1. The summed E-state index contributed by atoms with van der Waals surface area (Å²) in [5, 5.41) is 14.3. The molecule has 0 heterocycles. The molecule has 5 nitrogen and oxygen atoms in total. The molecule has 0 aromatic heterocycles. The Bertz CT molecular complexity index is 1100. The summed E-state index contributed by atoms with van der Waals surface area (Å²) >= 11 is 6.31. The lowest BCUT2D eigenvalue weighted by Crippen LogP contribution is -2.06. The van der Waals surface area contributed by atoms with Crippen molar-refractivity contribution in [2.24, 2.45) is 0 Å². The molecular formula is C21H16ClFN2O3. The molecule has 1 N–H and O–H groups in total. The quantitative estimate of drug-likeness (QED) is 0.326. The number of nitrogens with one attached hydrogen (secondary N) is 1. The summed E-state index contributed by atoms with van der Waals surface area (Å²) in [6, 6.07) is 13.3. The second kappa shape index (κ2) is 7.78. The van der Waals surface area contributed by atoms with Crippen molar-refractivity contribution in [2.75, 3.05) is 5.32 Å². The second-order valence-corrected chi connectivity index (χ2v) is 6.77. The normalized spacial score (nSPS) is 10.6. The minimum Gasteiger partial charge on any atom is -0.355 e. The van der Waals surface area contributed by atoms with Gasteiger partial charge in [0.15, 0.2) is 5.78 Å². The fourth-order valence-corrected chi connectivity index (χ4v) is 3.08. The first-order chi connectivity index (χ1) is 13.3. The Morgan fingerprint density at radius 1 is 1.00 bits per heavy atom. The van der Waals surface area contributed by atoms with Crippen molar-refractivity contribution >= 4 is 34.4 Å². The maximum absolute atomic E-state index is 13.2. The van der Waals surface area contributed by atoms with Gasteiger partial charge in [-0.1, -0.05) is 17.7 Å². The minimum atomic E-state index is -0.546. The number of non-ortho nitro benzene ring substituents is 1. The molecule has 3 aromatic carbocycles. The number of benzene rings is 3. The number of hydrogen-bond acceptors (Lipinski definition) is 4. The molecule has 0 aliphatic heterocycles. The molecule has 0 aliphatic rings. The van der Waals surface area contributed by atoms with E-state index in [2.05, 4.69) is 5.32 Å². The average Bonchev–Trinajstić information content (AvgIpc) is 2.64. The van der Waals surface area contributed by atoms with Crippen molar-refractivity contribution in [3.8, 4) is 0 Å². The lowest BCUT2D eigenvalue weighted by Gasteiger charge is -2.12. The van der Waals surface area contributed by atoms with Crippen molar-refractivity contribution in [1.82, 2.24) is 0 Å². The molecule has 0 fully saturated rings. The zero-order valence-corrected chi connectivity index (χ0v) is 15.9. The highest BCUT2D eigenvalue weighted by Crippen LogP contribution is 2.28. The van der Waals surface area contributed by atoms with Crippen LogP contribution in [0.25, 0.3) is 0 Å². The number of carbonyl (C=O) groups is 1. The van der Waals surface area contributed by atoms with Crippen LogP contribution in [0.1, 0.15) is 27.0 Å². The van der Waals surface area contributed by atoms with Gasteiger partial charge in [-0.05, 0) is 61.4 Å².